The van der Waals surface area contributed by atoms with E-state index >= 15 is 0 Å². The maximum Gasteiger partial charge on any atom is 0.177 e. The van der Waals surface area contributed by atoms with Crippen molar-refractivity contribution < 1.29 is 15.0 Å². The van der Waals surface area contributed by atoms with Gasteiger partial charge in [-0.1, -0.05) is 18.2 Å². The zero-order chi connectivity index (χ0) is 14.9. The largest absolute Gasteiger partial charge is 0.504 e. The Balaban J connectivity index is 2.39. The summed E-state index contributed by atoms with van der Waals surface area (Å²) < 4.78 is 0. The van der Waals surface area contributed by atoms with Crippen molar-refractivity contribution in [2.75, 3.05) is 6.54 Å². The number of fused-ring (bicyclic) bond motifs is 1. The van der Waals surface area contributed by atoms with E-state index in [-0.39, 0.29) is 29.4 Å². The van der Waals surface area contributed by atoms with Crippen molar-refractivity contribution in [3.8, 4) is 11.5 Å². The van der Waals surface area contributed by atoms with E-state index in [0.29, 0.717) is 10.9 Å². The van der Waals surface area contributed by atoms with Gasteiger partial charge in [0.2, 0.25) is 0 Å². The number of hydrogen-bond donors (Lipinski definition) is 3. The molecule has 0 amide bonds. The average molecular weight is 273 g/mol. The van der Waals surface area contributed by atoms with Gasteiger partial charge in [0.15, 0.2) is 17.3 Å². The first-order chi connectivity index (χ1) is 9.28. The summed E-state index contributed by atoms with van der Waals surface area (Å²) in [7, 11) is 0. The van der Waals surface area contributed by atoms with Crippen LogP contribution >= 0.6 is 0 Å². The molecule has 0 saturated heterocycles. The molecule has 0 heterocycles. The third kappa shape index (κ3) is 3.08. The molecule has 4 heteroatoms. The van der Waals surface area contributed by atoms with E-state index in [0.717, 1.165) is 5.39 Å². The first-order valence-electron chi connectivity index (χ1n) is 6.51. The van der Waals surface area contributed by atoms with Gasteiger partial charge in [0, 0.05) is 11.1 Å². The number of aromatic hydroxyl groups is 2. The number of rotatable bonds is 3. The maximum atomic E-state index is 12.3. The number of nitrogens with one attached hydrogen (secondary N) is 1. The molecule has 0 unspecified atom stereocenters. The van der Waals surface area contributed by atoms with Gasteiger partial charge in [-0.05, 0) is 43.7 Å². The van der Waals surface area contributed by atoms with E-state index in [1.165, 1.54) is 12.1 Å². The number of benzene rings is 2. The number of ketones is 1. The fourth-order valence-corrected chi connectivity index (χ4v) is 1.99. The van der Waals surface area contributed by atoms with Crippen LogP contribution in [0.4, 0.5) is 0 Å². The van der Waals surface area contributed by atoms with Crippen LogP contribution in [0.3, 0.4) is 0 Å². The molecule has 0 aliphatic carbocycles. The minimum atomic E-state index is -0.221. The van der Waals surface area contributed by atoms with Crippen LogP contribution in [0, 0.1) is 0 Å². The molecule has 0 aliphatic heterocycles. The Bertz CT molecular complexity index is 657. The molecule has 106 valence electrons. The first kappa shape index (κ1) is 14.3. The number of phenols is 2. The molecule has 2 rings (SSSR count). The molecule has 0 atom stereocenters. The summed E-state index contributed by atoms with van der Waals surface area (Å²) >= 11 is 0. The molecule has 0 aromatic heterocycles. The first-order valence-corrected chi connectivity index (χ1v) is 6.51. The van der Waals surface area contributed by atoms with E-state index < -0.39 is 0 Å². The fourth-order valence-electron chi connectivity index (χ4n) is 1.99. The van der Waals surface area contributed by atoms with E-state index in [1.807, 2.05) is 20.8 Å². The molecular formula is C16H19NO3. The summed E-state index contributed by atoms with van der Waals surface area (Å²) in [5.41, 5.74) is 0.398. The lowest BCUT2D eigenvalue weighted by Gasteiger charge is -2.20. The molecule has 0 saturated carbocycles. The lowest BCUT2D eigenvalue weighted by atomic mass is 10.00. The predicted octanol–water partition coefficient (Wildman–Crippen LogP) is 2.82. The van der Waals surface area contributed by atoms with Crippen LogP contribution in [0.25, 0.3) is 10.8 Å². The van der Waals surface area contributed by atoms with E-state index in [1.54, 1.807) is 18.2 Å². The van der Waals surface area contributed by atoms with Crippen molar-refractivity contribution in [1.29, 1.82) is 0 Å². The normalized spacial score (nSPS) is 11.8. The Hall–Kier alpha value is -2.07. The van der Waals surface area contributed by atoms with Gasteiger partial charge < -0.3 is 15.5 Å². The third-order valence-electron chi connectivity index (χ3n) is 3.06. The monoisotopic (exact) mass is 273 g/mol. The summed E-state index contributed by atoms with van der Waals surface area (Å²) in [6.45, 7) is 6.21. The standard InChI is InChI=1S/C16H19NO3/c1-16(2,3)17-9-15(20)11-6-4-5-10-7-13(18)14(19)8-12(10)11/h4-8,17-19H,9H2,1-3H3. The number of phenolic OH excluding ortho intramolecular Hbond substituents is 2. The maximum absolute atomic E-state index is 12.3. The highest BCUT2D eigenvalue weighted by atomic mass is 16.3. The Morgan fingerprint density at radius 1 is 1.15 bits per heavy atom. The van der Waals surface area contributed by atoms with Gasteiger partial charge in [-0.2, -0.15) is 0 Å². The minimum Gasteiger partial charge on any atom is -0.504 e. The van der Waals surface area contributed by atoms with E-state index in [2.05, 4.69) is 5.32 Å². The van der Waals surface area contributed by atoms with Crippen LogP contribution in [0.1, 0.15) is 31.1 Å². The summed E-state index contributed by atoms with van der Waals surface area (Å²) in [5, 5.41) is 23.6. The molecule has 0 aliphatic rings. The average Bonchev–Trinajstić information content (AvgIpc) is 2.36. The second-order valence-corrected chi connectivity index (χ2v) is 5.89. The lowest BCUT2D eigenvalue weighted by molar-refractivity contribution is 0.0983. The van der Waals surface area contributed by atoms with Crippen molar-refractivity contribution in [2.24, 2.45) is 0 Å². The minimum absolute atomic E-state index is 0.0457. The van der Waals surface area contributed by atoms with Crippen molar-refractivity contribution in [2.45, 2.75) is 26.3 Å². The quantitative estimate of drug-likeness (QED) is 0.594. The van der Waals surface area contributed by atoms with Crippen molar-refractivity contribution in [1.82, 2.24) is 5.32 Å². The number of carbonyl (C=O) groups excluding carboxylic acids is 1. The molecule has 0 bridgehead atoms. The molecule has 4 nitrogen and oxygen atoms in total. The van der Waals surface area contributed by atoms with Gasteiger partial charge >= 0.3 is 0 Å². The van der Waals surface area contributed by atoms with Gasteiger partial charge in [-0.3, -0.25) is 4.79 Å². The Labute approximate surface area is 118 Å². The third-order valence-corrected chi connectivity index (χ3v) is 3.06. The zero-order valence-electron chi connectivity index (χ0n) is 11.9. The van der Waals surface area contributed by atoms with Crippen molar-refractivity contribution in [3.63, 3.8) is 0 Å². The lowest BCUT2D eigenvalue weighted by Crippen LogP contribution is -2.39. The van der Waals surface area contributed by atoms with E-state index in [4.69, 9.17) is 0 Å². The summed E-state index contributed by atoms with van der Waals surface area (Å²) in [4.78, 5) is 12.3. The van der Waals surface area contributed by atoms with Gasteiger partial charge in [0.05, 0.1) is 6.54 Å². The van der Waals surface area contributed by atoms with Crippen molar-refractivity contribution >= 4 is 16.6 Å². The smallest absolute Gasteiger partial charge is 0.177 e. The highest BCUT2D eigenvalue weighted by Gasteiger charge is 2.15. The number of carbonyl (C=O) groups is 1. The van der Waals surface area contributed by atoms with Crippen LogP contribution in [-0.4, -0.2) is 28.1 Å². The van der Waals surface area contributed by atoms with Crippen LogP contribution in [0.5, 0.6) is 11.5 Å². The Kier molecular flexibility index (Phi) is 3.68. The van der Waals surface area contributed by atoms with Crippen LogP contribution in [0.15, 0.2) is 30.3 Å². The molecular weight excluding hydrogens is 254 g/mol. The number of hydrogen-bond acceptors (Lipinski definition) is 4. The van der Waals surface area contributed by atoms with E-state index in [9.17, 15) is 15.0 Å². The Morgan fingerprint density at radius 3 is 2.45 bits per heavy atom. The van der Waals surface area contributed by atoms with Crippen LogP contribution in [0.2, 0.25) is 0 Å². The van der Waals surface area contributed by atoms with Gasteiger partial charge in [-0.15, -0.1) is 0 Å². The van der Waals surface area contributed by atoms with Crippen molar-refractivity contribution in [3.05, 3.63) is 35.9 Å². The van der Waals surface area contributed by atoms with Crippen LogP contribution < -0.4 is 5.32 Å². The molecule has 2 aromatic carbocycles. The zero-order valence-corrected chi connectivity index (χ0v) is 11.9. The van der Waals surface area contributed by atoms with Crippen LogP contribution in [-0.2, 0) is 0 Å². The highest BCUT2D eigenvalue weighted by molar-refractivity contribution is 6.09. The molecule has 20 heavy (non-hydrogen) atoms. The molecule has 0 fully saturated rings. The molecule has 0 radical (unpaired) electrons. The fraction of sp³-hybridized carbons (Fsp3) is 0.312. The highest BCUT2D eigenvalue weighted by Crippen LogP contribution is 2.31. The number of Topliss-reactive ketones (excluding diaryl/α,β-unsaturated/α-hetero) is 1. The predicted molar refractivity (Wildman–Crippen MR) is 79.4 cm³/mol. The van der Waals surface area contributed by atoms with Gasteiger partial charge in [-0.25, -0.2) is 0 Å². The second kappa shape index (κ2) is 5.13. The molecule has 2 aromatic rings. The van der Waals surface area contributed by atoms with Gasteiger partial charge in [0.1, 0.15) is 0 Å². The molecule has 0 spiro atoms. The summed E-state index contributed by atoms with van der Waals surface area (Å²) in [5.74, 6) is -0.452. The SMILES string of the molecule is CC(C)(C)NCC(=O)c1cccc2cc(O)c(O)cc12. The summed E-state index contributed by atoms with van der Waals surface area (Å²) in [6.07, 6.45) is 0. The Morgan fingerprint density at radius 2 is 1.80 bits per heavy atom. The molecule has 3 N–H and O–H groups in total. The van der Waals surface area contributed by atoms with Gasteiger partial charge in [0.25, 0.3) is 0 Å². The summed E-state index contributed by atoms with van der Waals surface area (Å²) in [6, 6.07) is 8.17. The topological polar surface area (TPSA) is 69.6 Å². The second-order valence-electron chi connectivity index (χ2n) is 5.89.